The lowest BCUT2D eigenvalue weighted by Gasteiger charge is -2.39. The molecule has 0 atom stereocenters. The van der Waals surface area contributed by atoms with Crippen LogP contribution in [-0.2, 0) is 12.0 Å². The van der Waals surface area contributed by atoms with Crippen molar-refractivity contribution in [3.8, 4) is 56.0 Å². The van der Waals surface area contributed by atoms with Crippen LogP contribution in [0.25, 0.3) is 44.5 Å². The van der Waals surface area contributed by atoms with E-state index in [0.29, 0.717) is 6.54 Å². The van der Waals surface area contributed by atoms with E-state index in [4.69, 9.17) is 9.73 Å². The summed E-state index contributed by atoms with van der Waals surface area (Å²) >= 11 is 0. The number of ether oxygens (including phenoxy) is 1. The lowest BCUT2D eigenvalue weighted by atomic mass is 9.66. The third kappa shape index (κ3) is 5.22. The minimum absolute atomic E-state index is 0.484. The highest BCUT2D eigenvalue weighted by Crippen LogP contribution is 2.62. The van der Waals surface area contributed by atoms with Crippen LogP contribution in [0.2, 0.25) is 0 Å². The number of aliphatic imine (C=N–C) groups is 1. The van der Waals surface area contributed by atoms with Gasteiger partial charge in [0, 0.05) is 17.3 Å². The van der Waals surface area contributed by atoms with Crippen LogP contribution in [0.1, 0.15) is 33.4 Å². The Hall–Kier alpha value is -6.77. The van der Waals surface area contributed by atoms with Crippen LogP contribution in [-0.4, -0.2) is 6.21 Å². The number of hydrogen-bond acceptors (Lipinski definition) is 2. The van der Waals surface area contributed by atoms with Crippen molar-refractivity contribution in [2.24, 2.45) is 4.99 Å². The highest BCUT2D eigenvalue weighted by Gasteiger charge is 2.51. The normalized spacial score (nSPS) is 13.2. The molecule has 2 nitrogen and oxygen atoms in total. The van der Waals surface area contributed by atoms with E-state index >= 15 is 0 Å². The number of para-hydroxylation sites is 2. The summed E-state index contributed by atoms with van der Waals surface area (Å²) in [7, 11) is 0. The predicted molar refractivity (Wildman–Crippen MR) is 218 cm³/mol. The molecule has 1 spiro atoms. The molecule has 10 rings (SSSR count). The fraction of sp³-hybridized carbons (Fsp3) is 0.0392. The first kappa shape index (κ1) is 31.0. The van der Waals surface area contributed by atoms with Crippen molar-refractivity contribution in [1.29, 1.82) is 0 Å². The van der Waals surface area contributed by atoms with E-state index in [1.54, 1.807) is 0 Å². The van der Waals surface area contributed by atoms with Crippen molar-refractivity contribution in [2.75, 3.05) is 0 Å². The largest absolute Gasteiger partial charge is 0.457 e. The zero-order valence-corrected chi connectivity index (χ0v) is 29.1. The Morgan fingerprint density at radius 1 is 0.396 bits per heavy atom. The fourth-order valence-corrected chi connectivity index (χ4v) is 8.40. The SMILES string of the molecule is C(=NCc1ccc(-c2ccccc2)cc1)c1cccc(-c2cccc(-c3ccc4c(c3)C3(c5ccccc5Oc5ccccc53)c3ccccc3-4)c2)c1. The van der Waals surface area contributed by atoms with E-state index in [0.717, 1.165) is 17.1 Å². The van der Waals surface area contributed by atoms with Crippen LogP contribution in [0, 0.1) is 0 Å². The van der Waals surface area contributed by atoms with Gasteiger partial charge in [-0.2, -0.15) is 0 Å². The topological polar surface area (TPSA) is 21.6 Å². The molecule has 2 aliphatic rings. The van der Waals surface area contributed by atoms with Gasteiger partial charge < -0.3 is 4.74 Å². The summed E-state index contributed by atoms with van der Waals surface area (Å²) < 4.78 is 6.54. The molecule has 0 fully saturated rings. The van der Waals surface area contributed by atoms with Gasteiger partial charge in [0.15, 0.2) is 0 Å². The molecular weight excluding hydrogens is 643 g/mol. The maximum Gasteiger partial charge on any atom is 0.132 e. The molecule has 1 aliphatic heterocycles. The van der Waals surface area contributed by atoms with Crippen LogP contribution in [0.5, 0.6) is 11.5 Å². The second kappa shape index (κ2) is 12.8. The van der Waals surface area contributed by atoms with Gasteiger partial charge in [0.2, 0.25) is 0 Å². The molecule has 8 aromatic carbocycles. The average Bonchev–Trinajstić information content (AvgIpc) is 3.52. The number of rotatable bonds is 6. The average molecular weight is 678 g/mol. The van der Waals surface area contributed by atoms with Gasteiger partial charge in [-0.25, -0.2) is 0 Å². The summed E-state index contributed by atoms with van der Waals surface area (Å²) in [6, 6.07) is 69.7. The molecule has 53 heavy (non-hydrogen) atoms. The maximum atomic E-state index is 6.54. The van der Waals surface area contributed by atoms with Crippen LogP contribution < -0.4 is 4.74 Å². The monoisotopic (exact) mass is 677 g/mol. The second-order valence-corrected chi connectivity index (χ2v) is 13.9. The zero-order chi connectivity index (χ0) is 35.2. The first-order valence-electron chi connectivity index (χ1n) is 18.2. The van der Waals surface area contributed by atoms with Crippen molar-refractivity contribution < 1.29 is 4.74 Å². The summed E-state index contributed by atoms with van der Waals surface area (Å²) in [5, 5.41) is 0. The lowest BCUT2D eigenvalue weighted by Crippen LogP contribution is -2.32. The Balaban J connectivity index is 0.984. The van der Waals surface area contributed by atoms with Crippen LogP contribution in [0.15, 0.2) is 199 Å². The predicted octanol–water partition coefficient (Wildman–Crippen LogP) is 12.8. The summed E-state index contributed by atoms with van der Waals surface area (Å²) in [6.45, 7) is 0.638. The molecule has 0 aromatic heterocycles. The molecule has 0 unspecified atom stereocenters. The highest BCUT2D eigenvalue weighted by molar-refractivity contribution is 5.91. The van der Waals surface area contributed by atoms with E-state index in [-0.39, 0.29) is 0 Å². The van der Waals surface area contributed by atoms with Gasteiger partial charge in [0.05, 0.1) is 12.0 Å². The Morgan fingerprint density at radius 3 is 1.66 bits per heavy atom. The molecule has 8 aromatic rings. The Kier molecular flexibility index (Phi) is 7.47. The number of fused-ring (bicyclic) bond motifs is 9. The van der Waals surface area contributed by atoms with Crippen molar-refractivity contribution in [1.82, 2.24) is 0 Å². The van der Waals surface area contributed by atoms with Gasteiger partial charge in [-0.05, 0) is 97.1 Å². The summed E-state index contributed by atoms with van der Waals surface area (Å²) in [6.07, 6.45) is 1.99. The first-order chi connectivity index (χ1) is 26.3. The van der Waals surface area contributed by atoms with Gasteiger partial charge >= 0.3 is 0 Å². The van der Waals surface area contributed by atoms with E-state index in [2.05, 4.69) is 188 Å². The number of nitrogens with zero attached hydrogens (tertiary/aromatic N) is 1. The highest BCUT2D eigenvalue weighted by atomic mass is 16.5. The third-order valence-corrected chi connectivity index (χ3v) is 10.8. The van der Waals surface area contributed by atoms with Crippen molar-refractivity contribution >= 4 is 6.21 Å². The number of hydrogen-bond donors (Lipinski definition) is 0. The summed E-state index contributed by atoms with van der Waals surface area (Å²) in [4.78, 5) is 4.80. The molecule has 0 bridgehead atoms. The van der Waals surface area contributed by atoms with Crippen LogP contribution in [0.3, 0.4) is 0 Å². The fourth-order valence-electron chi connectivity index (χ4n) is 8.40. The summed E-state index contributed by atoms with van der Waals surface area (Å²) in [5.41, 5.74) is 16.4. The van der Waals surface area contributed by atoms with Crippen molar-refractivity contribution in [3.05, 3.63) is 228 Å². The van der Waals surface area contributed by atoms with E-state index in [1.807, 2.05) is 12.3 Å². The first-order valence-corrected chi connectivity index (χ1v) is 18.2. The molecule has 250 valence electrons. The van der Waals surface area contributed by atoms with Crippen molar-refractivity contribution in [3.63, 3.8) is 0 Å². The molecule has 0 saturated carbocycles. The van der Waals surface area contributed by atoms with Crippen LogP contribution in [0.4, 0.5) is 0 Å². The van der Waals surface area contributed by atoms with Gasteiger partial charge in [-0.1, -0.05) is 164 Å². The van der Waals surface area contributed by atoms with E-state index in [1.165, 1.54) is 72.3 Å². The second-order valence-electron chi connectivity index (χ2n) is 13.9. The Morgan fingerprint density at radius 2 is 0.925 bits per heavy atom. The van der Waals surface area contributed by atoms with Gasteiger partial charge in [-0.3, -0.25) is 4.99 Å². The standard InChI is InChI=1S/C51H35NO/c1-2-13-37(14-3-1)38-26-24-35(25-27-38)33-52-34-36-12-10-15-39(30-36)40-16-11-17-41(31-40)42-28-29-44-43-18-4-5-19-45(43)51(48(44)32-42)46-20-6-8-22-49(46)53-50-23-9-7-21-47(50)51/h1-32,34H,33H2. The number of benzene rings is 8. The van der Waals surface area contributed by atoms with E-state index in [9.17, 15) is 0 Å². The minimum Gasteiger partial charge on any atom is -0.457 e. The Bertz CT molecular complexity index is 2620. The molecular formula is C51H35NO. The molecule has 0 N–H and O–H groups in total. The smallest absolute Gasteiger partial charge is 0.132 e. The van der Waals surface area contributed by atoms with Crippen LogP contribution >= 0.6 is 0 Å². The molecule has 0 amide bonds. The van der Waals surface area contributed by atoms with Gasteiger partial charge in [0.25, 0.3) is 0 Å². The molecule has 1 heterocycles. The molecule has 1 aliphatic carbocycles. The van der Waals surface area contributed by atoms with E-state index < -0.39 is 5.41 Å². The molecule has 0 radical (unpaired) electrons. The quantitative estimate of drug-likeness (QED) is 0.161. The lowest BCUT2D eigenvalue weighted by molar-refractivity contribution is 0.436. The molecule has 2 heteroatoms. The minimum atomic E-state index is -0.484. The van der Waals surface area contributed by atoms with Crippen molar-refractivity contribution in [2.45, 2.75) is 12.0 Å². The zero-order valence-electron chi connectivity index (χ0n) is 29.1. The molecule has 0 saturated heterocycles. The Labute approximate surface area is 310 Å². The van der Waals surface area contributed by atoms with Gasteiger partial charge in [-0.15, -0.1) is 0 Å². The maximum absolute atomic E-state index is 6.54. The van der Waals surface area contributed by atoms with Gasteiger partial charge in [0.1, 0.15) is 11.5 Å². The summed E-state index contributed by atoms with van der Waals surface area (Å²) in [5.74, 6) is 1.82. The third-order valence-electron chi connectivity index (χ3n) is 10.8.